The first-order valence-electron chi connectivity index (χ1n) is 14.3. The maximum atomic E-state index is 3.57. The molecule has 0 radical (unpaired) electrons. The quantitative estimate of drug-likeness (QED) is 0.217. The molecule has 1 N–H and O–H groups in total. The van der Waals surface area contributed by atoms with Gasteiger partial charge in [-0.15, -0.1) is 0 Å². The van der Waals surface area contributed by atoms with Crippen LogP contribution in [0, 0.1) is 0 Å². The number of nitrogens with one attached hydrogen (secondary N) is 1. The molecule has 0 saturated heterocycles. The molecule has 7 rings (SSSR count). The van der Waals surface area contributed by atoms with E-state index in [1.54, 1.807) is 0 Å². The van der Waals surface area contributed by atoms with E-state index >= 15 is 0 Å². The Morgan fingerprint density at radius 3 is 1.36 bits per heavy atom. The van der Waals surface area contributed by atoms with Crippen LogP contribution in [0.1, 0.15) is 0 Å². The van der Waals surface area contributed by atoms with Crippen LogP contribution in [0.25, 0.3) is 33.0 Å². The zero-order chi connectivity index (χ0) is 28.1. The lowest BCUT2D eigenvalue weighted by Gasteiger charge is -2.27. The molecule has 0 heterocycles. The van der Waals surface area contributed by atoms with E-state index in [4.69, 9.17) is 0 Å². The van der Waals surface area contributed by atoms with E-state index < -0.39 is 0 Å². The van der Waals surface area contributed by atoms with Crippen LogP contribution in [0.2, 0.25) is 0 Å². The molecule has 0 bridgehead atoms. The van der Waals surface area contributed by atoms with Crippen molar-refractivity contribution in [3.63, 3.8) is 0 Å². The molecule has 42 heavy (non-hydrogen) atoms. The first-order valence-corrected chi connectivity index (χ1v) is 14.3. The maximum Gasteiger partial charge on any atom is 0.0540 e. The van der Waals surface area contributed by atoms with E-state index in [0.717, 1.165) is 28.4 Å². The SMILES string of the molecule is c1ccc(-c2ccc(Nc3ccc(N(c4ccc(-c5ccccc5)cc4)c4cccc5ccccc45)cc3)cc2)cc1. The second-order valence-electron chi connectivity index (χ2n) is 10.4. The number of hydrogen-bond acceptors (Lipinski definition) is 2. The number of benzene rings is 7. The maximum absolute atomic E-state index is 3.57. The Morgan fingerprint density at radius 1 is 0.333 bits per heavy atom. The Balaban J connectivity index is 1.21. The zero-order valence-corrected chi connectivity index (χ0v) is 23.2. The molecule has 2 heteroatoms. The van der Waals surface area contributed by atoms with Crippen molar-refractivity contribution in [2.75, 3.05) is 10.2 Å². The second kappa shape index (κ2) is 11.5. The molecule has 200 valence electrons. The Hall–Kier alpha value is -5.60. The molecule has 0 amide bonds. The molecule has 0 aliphatic carbocycles. The lowest BCUT2D eigenvalue weighted by Crippen LogP contribution is -2.10. The topological polar surface area (TPSA) is 15.3 Å². The Kier molecular flexibility index (Phi) is 6.94. The highest BCUT2D eigenvalue weighted by atomic mass is 15.1. The van der Waals surface area contributed by atoms with E-state index in [-0.39, 0.29) is 0 Å². The van der Waals surface area contributed by atoms with Crippen LogP contribution < -0.4 is 10.2 Å². The van der Waals surface area contributed by atoms with Gasteiger partial charge < -0.3 is 10.2 Å². The zero-order valence-electron chi connectivity index (χ0n) is 23.2. The molecule has 7 aromatic carbocycles. The molecule has 0 fully saturated rings. The minimum absolute atomic E-state index is 1.04. The van der Waals surface area contributed by atoms with Gasteiger partial charge in [0.1, 0.15) is 0 Å². The van der Waals surface area contributed by atoms with Crippen molar-refractivity contribution in [1.82, 2.24) is 0 Å². The number of hydrogen-bond donors (Lipinski definition) is 1. The summed E-state index contributed by atoms with van der Waals surface area (Å²) in [5.41, 5.74) is 10.3. The summed E-state index contributed by atoms with van der Waals surface area (Å²) in [6.45, 7) is 0. The van der Waals surface area contributed by atoms with Crippen LogP contribution in [-0.2, 0) is 0 Å². The van der Waals surface area contributed by atoms with Gasteiger partial charge in [0.2, 0.25) is 0 Å². The number of anilines is 5. The normalized spacial score (nSPS) is 10.9. The van der Waals surface area contributed by atoms with Crippen molar-refractivity contribution in [1.29, 1.82) is 0 Å². The summed E-state index contributed by atoms with van der Waals surface area (Å²) >= 11 is 0. The molecule has 0 spiro atoms. The third kappa shape index (κ3) is 5.26. The summed E-state index contributed by atoms with van der Waals surface area (Å²) in [6.07, 6.45) is 0. The fourth-order valence-electron chi connectivity index (χ4n) is 5.50. The van der Waals surface area contributed by atoms with Crippen molar-refractivity contribution >= 4 is 39.2 Å². The van der Waals surface area contributed by atoms with Crippen molar-refractivity contribution in [2.24, 2.45) is 0 Å². The largest absolute Gasteiger partial charge is 0.356 e. The lowest BCUT2D eigenvalue weighted by molar-refractivity contribution is 1.30. The van der Waals surface area contributed by atoms with Crippen molar-refractivity contribution in [3.8, 4) is 22.3 Å². The van der Waals surface area contributed by atoms with Gasteiger partial charge >= 0.3 is 0 Å². The number of nitrogens with zero attached hydrogens (tertiary/aromatic N) is 1. The summed E-state index contributed by atoms with van der Waals surface area (Å²) in [5.74, 6) is 0. The molecule has 2 nitrogen and oxygen atoms in total. The van der Waals surface area contributed by atoms with Gasteiger partial charge in [-0.2, -0.15) is 0 Å². The summed E-state index contributed by atoms with van der Waals surface area (Å²) in [4.78, 5) is 2.34. The van der Waals surface area contributed by atoms with Crippen LogP contribution in [0.5, 0.6) is 0 Å². The van der Waals surface area contributed by atoms with Gasteiger partial charge in [-0.3, -0.25) is 0 Å². The molecule has 0 aliphatic rings. The fraction of sp³-hybridized carbons (Fsp3) is 0. The predicted octanol–water partition coefficient (Wildman–Crippen LogP) is 11.4. The molecule has 0 aliphatic heterocycles. The second-order valence-corrected chi connectivity index (χ2v) is 10.4. The van der Waals surface area contributed by atoms with Gasteiger partial charge in [-0.05, 0) is 82.2 Å². The lowest BCUT2D eigenvalue weighted by atomic mass is 10.0. The van der Waals surface area contributed by atoms with E-state index in [1.807, 2.05) is 6.07 Å². The van der Waals surface area contributed by atoms with Crippen LogP contribution in [-0.4, -0.2) is 0 Å². The molecule has 0 atom stereocenters. The van der Waals surface area contributed by atoms with Crippen molar-refractivity contribution in [2.45, 2.75) is 0 Å². The number of rotatable bonds is 7. The minimum atomic E-state index is 1.04. The van der Waals surface area contributed by atoms with Gasteiger partial charge in [-0.1, -0.05) is 121 Å². The third-order valence-corrected chi connectivity index (χ3v) is 7.65. The number of fused-ring (bicyclic) bond motifs is 1. The molecule has 7 aromatic rings. The highest BCUT2D eigenvalue weighted by Crippen LogP contribution is 2.40. The average Bonchev–Trinajstić information content (AvgIpc) is 3.07. The summed E-state index contributed by atoms with van der Waals surface area (Å²) in [7, 11) is 0. The standard InChI is InChI=1S/C40H30N2/c1-3-10-30(11-4-1)32-18-22-35(23-19-32)41-36-24-28-38(29-25-36)42(40-17-9-15-34-14-7-8-16-39(34)40)37-26-20-33(21-27-37)31-12-5-2-6-13-31/h1-29,41H. The smallest absolute Gasteiger partial charge is 0.0540 e. The van der Waals surface area contributed by atoms with E-state index in [0.29, 0.717) is 0 Å². The van der Waals surface area contributed by atoms with Crippen LogP contribution >= 0.6 is 0 Å². The van der Waals surface area contributed by atoms with Crippen LogP contribution in [0.4, 0.5) is 28.4 Å². The highest BCUT2D eigenvalue weighted by Gasteiger charge is 2.15. The molecule has 0 saturated carbocycles. The molecular weight excluding hydrogens is 508 g/mol. The van der Waals surface area contributed by atoms with Crippen LogP contribution in [0.3, 0.4) is 0 Å². The van der Waals surface area contributed by atoms with E-state index in [1.165, 1.54) is 33.0 Å². The van der Waals surface area contributed by atoms with E-state index in [2.05, 4.69) is 180 Å². The predicted molar refractivity (Wildman–Crippen MR) is 179 cm³/mol. The molecule has 0 aromatic heterocycles. The molecule has 0 unspecified atom stereocenters. The van der Waals surface area contributed by atoms with Gasteiger partial charge in [0, 0.05) is 28.1 Å². The van der Waals surface area contributed by atoms with Gasteiger partial charge in [0.15, 0.2) is 0 Å². The van der Waals surface area contributed by atoms with Crippen LogP contribution in [0.15, 0.2) is 176 Å². The first kappa shape index (κ1) is 25.4. The van der Waals surface area contributed by atoms with Crippen molar-refractivity contribution in [3.05, 3.63) is 176 Å². The Bertz CT molecular complexity index is 1900. The summed E-state index contributed by atoms with van der Waals surface area (Å²) in [5, 5.41) is 6.00. The van der Waals surface area contributed by atoms with Gasteiger partial charge in [0.25, 0.3) is 0 Å². The van der Waals surface area contributed by atoms with Gasteiger partial charge in [0.05, 0.1) is 5.69 Å². The Morgan fingerprint density at radius 2 is 0.762 bits per heavy atom. The summed E-state index contributed by atoms with van der Waals surface area (Å²) in [6, 6.07) is 62.2. The molecular formula is C40H30N2. The Labute approximate surface area is 247 Å². The van der Waals surface area contributed by atoms with Gasteiger partial charge in [-0.25, -0.2) is 0 Å². The summed E-state index contributed by atoms with van der Waals surface area (Å²) < 4.78 is 0. The first-order chi connectivity index (χ1) is 20.8. The highest BCUT2D eigenvalue weighted by molar-refractivity contribution is 5.99. The third-order valence-electron chi connectivity index (χ3n) is 7.65. The van der Waals surface area contributed by atoms with E-state index in [9.17, 15) is 0 Å². The monoisotopic (exact) mass is 538 g/mol. The fourth-order valence-corrected chi connectivity index (χ4v) is 5.50. The van der Waals surface area contributed by atoms with Crippen molar-refractivity contribution < 1.29 is 0 Å². The average molecular weight is 539 g/mol. The minimum Gasteiger partial charge on any atom is -0.356 e.